The van der Waals surface area contributed by atoms with Crippen molar-refractivity contribution in [3.63, 3.8) is 0 Å². The van der Waals surface area contributed by atoms with Crippen LogP contribution in [0.15, 0.2) is 12.1 Å². The number of methoxy groups -OCH3 is 1. The second-order valence-electron chi connectivity index (χ2n) is 4.68. The van der Waals surface area contributed by atoms with E-state index in [0.29, 0.717) is 6.54 Å². The van der Waals surface area contributed by atoms with Crippen molar-refractivity contribution < 1.29 is 18.3 Å². The molecule has 1 aromatic rings. The third-order valence-electron chi connectivity index (χ3n) is 3.59. The Kier molecular flexibility index (Phi) is 4.54. The molecular formula is C14H18F2N2O2. The molecule has 110 valence electrons. The van der Waals surface area contributed by atoms with Crippen LogP contribution >= 0.6 is 0 Å². The first-order chi connectivity index (χ1) is 9.60. The van der Waals surface area contributed by atoms with Crippen LogP contribution in [0.5, 0.6) is 0 Å². The van der Waals surface area contributed by atoms with Crippen LogP contribution in [0, 0.1) is 11.6 Å². The number of esters is 1. The molecule has 1 aromatic carbocycles. The van der Waals surface area contributed by atoms with Gasteiger partial charge in [-0.2, -0.15) is 0 Å². The van der Waals surface area contributed by atoms with E-state index in [-0.39, 0.29) is 17.3 Å². The average molecular weight is 284 g/mol. The van der Waals surface area contributed by atoms with Crippen molar-refractivity contribution in [2.45, 2.75) is 19.4 Å². The Bertz CT molecular complexity index is 502. The number of carbonyl (C=O) groups is 1. The van der Waals surface area contributed by atoms with Gasteiger partial charge in [0.1, 0.15) is 0 Å². The van der Waals surface area contributed by atoms with Crippen molar-refractivity contribution in [2.75, 3.05) is 31.6 Å². The summed E-state index contributed by atoms with van der Waals surface area (Å²) in [6, 6.07) is 2.84. The fourth-order valence-electron chi connectivity index (χ4n) is 2.56. The summed E-state index contributed by atoms with van der Waals surface area (Å²) in [4.78, 5) is 13.2. The molecule has 0 aromatic heterocycles. The largest absolute Gasteiger partial charge is 0.465 e. The molecular weight excluding hydrogens is 266 g/mol. The van der Waals surface area contributed by atoms with Crippen LogP contribution in [0.25, 0.3) is 0 Å². The molecule has 1 atom stereocenters. The highest BCUT2D eigenvalue weighted by molar-refractivity contribution is 5.90. The van der Waals surface area contributed by atoms with Gasteiger partial charge in [0, 0.05) is 19.1 Å². The SMILES string of the molecule is CCN(c1ccc(C(=O)OC)c(F)c1F)C1CCNC1. The average Bonchev–Trinajstić information content (AvgIpc) is 2.97. The molecule has 1 aliphatic heterocycles. The van der Waals surface area contributed by atoms with E-state index in [1.165, 1.54) is 12.1 Å². The van der Waals surface area contributed by atoms with Crippen molar-refractivity contribution in [1.82, 2.24) is 5.32 Å². The Morgan fingerprint density at radius 1 is 1.45 bits per heavy atom. The highest BCUT2D eigenvalue weighted by atomic mass is 19.2. The van der Waals surface area contributed by atoms with Gasteiger partial charge in [0.25, 0.3) is 0 Å². The third kappa shape index (κ3) is 2.60. The maximum Gasteiger partial charge on any atom is 0.340 e. The number of carbonyl (C=O) groups excluding carboxylic acids is 1. The number of rotatable bonds is 4. The lowest BCUT2D eigenvalue weighted by atomic mass is 10.1. The van der Waals surface area contributed by atoms with Crippen molar-refractivity contribution in [1.29, 1.82) is 0 Å². The molecule has 0 amide bonds. The second-order valence-corrected chi connectivity index (χ2v) is 4.68. The van der Waals surface area contributed by atoms with Gasteiger partial charge in [0.15, 0.2) is 11.6 Å². The number of nitrogens with zero attached hydrogens (tertiary/aromatic N) is 1. The fourth-order valence-corrected chi connectivity index (χ4v) is 2.56. The minimum Gasteiger partial charge on any atom is -0.465 e. The van der Waals surface area contributed by atoms with Crippen LogP contribution in [0.3, 0.4) is 0 Å². The Hall–Kier alpha value is -1.69. The van der Waals surface area contributed by atoms with Crippen LogP contribution in [0.2, 0.25) is 0 Å². The molecule has 0 bridgehead atoms. The summed E-state index contributed by atoms with van der Waals surface area (Å²) in [7, 11) is 1.14. The highest BCUT2D eigenvalue weighted by Crippen LogP contribution is 2.27. The molecule has 2 rings (SSSR count). The number of benzene rings is 1. The van der Waals surface area contributed by atoms with E-state index in [2.05, 4.69) is 10.1 Å². The van der Waals surface area contributed by atoms with Crippen LogP contribution < -0.4 is 10.2 Å². The summed E-state index contributed by atoms with van der Waals surface area (Å²) in [5.41, 5.74) is -0.194. The molecule has 0 saturated carbocycles. The van der Waals surface area contributed by atoms with Gasteiger partial charge in [-0.05, 0) is 32.0 Å². The van der Waals surface area contributed by atoms with Crippen LogP contribution in [0.1, 0.15) is 23.7 Å². The van der Waals surface area contributed by atoms with Crippen LogP contribution in [-0.2, 0) is 4.74 Å². The number of nitrogens with one attached hydrogen (secondary N) is 1. The fraction of sp³-hybridized carbons (Fsp3) is 0.500. The minimum atomic E-state index is -1.15. The van der Waals surface area contributed by atoms with Crippen LogP contribution in [0.4, 0.5) is 14.5 Å². The molecule has 1 fully saturated rings. The van der Waals surface area contributed by atoms with Gasteiger partial charge in [-0.3, -0.25) is 0 Å². The molecule has 0 spiro atoms. The summed E-state index contributed by atoms with van der Waals surface area (Å²) in [5.74, 6) is -3.03. The Balaban J connectivity index is 2.36. The first kappa shape index (κ1) is 14.7. The first-order valence-corrected chi connectivity index (χ1v) is 6.63. The summed E-state index contributed by atoms with van der Waals surface area (Å²) < 4.78 is 32.6. The van der Waals surface area contributed by atoms with E-state index in [9.17, 15) is 13.6 Å². The summed E-state index contributed by atoms with van der Waals surface area (Å²) in [6.45, 7) is 4.07. The number of anilines is 1. The number of hydrogen-bond donors (Lipinski definition) is 1. The van der Waals surface area contributed by atoms with E-state index < -0.39 is 17.6 Å². The van der Waals surface area contributed by atoms with E-state index in [4.69, 9.17) is 0 Å². The zero-order valence-electron chi connectivity index (χ0n) is 11.6. The molecule has 4 nitrogen and oxygen atoms in total. The third-order valence-corrected chi connectivity index (χ3v) is 3.59. The number of halogens is 2. The molecule has 0 radical (unpaired) electrons. The Morgan fingerprint density at radius 3 is 2.75 bits per heavy atom. The second kappa shape index (κ2) is 6.17. The van der Waals surface area contributed by atoms with Gasteiger partial charge in [-0.1, -0.05) is 0 Å². The minimum absolute atomic E-state index is 0.137. The van der Waals surface area contributed by atoms with Crippen molar-refractivity contribution in [2.24, 2.45) is 0 Å². The lowest BCUT2D eigenvalue weighted by Crippen LogP contribution is -2.37. The molecule has 1 unspecified atom stereocenters. The van der Waals surface area contributed by atoms with Crippen molar-refractivity contribution in [3.05, 3.63) is 29.3 Å². The monoisotopic (exact) mass is 284 g/mol. The van der Waals surface area contributed by atoms with Gasteiger partial charge in [0.05, 0.1) is 18.4 Å². The number of likely N-dealkylation sites (N-methyl/N-ethyl adjacent to an activating group) is 1. The molecule has 1 heterocycles. The zero-order chi connectivity index (χ0) is 14.7. The van der Waals surface area contributed by atoms with E-state index in [1.54, 1.807) is 0 Å². The molecule has 6 heteroatoms. The normalized spacial score (nSPS) is 18.1. The predicted octanol–water partition coefficient (Wildman–Crippen LogP) is 1.94. The number of ether oxygens (including phenoxy) is 1. The van der Waals surface area contributed by atoms with Crippen molar-refractivity contribution >= 4 is 11.7 Å². The van der Waals surface area contributed by atoms with Gasteiger partial charge in [-0.25, -0.2) is 13.6 Å². The van der Waals surface area contributed by atoms with E-state index in [0.717, 1.165) is 26.6 Å². The molecule has 1 N–H and O–H groups in total. The Morgan fingerprint density at radius 2 is 2.20 bits per heavy atom. The predicted molar refractivity (Wildman–Crippen MR) is 72.0 cm³/mol. The lowest BCUT2D eigenvalue weighted by Gasteiger charge is -2.30. The highest BCUT2D eigenvalue weighted by Gasteiger charge is 2.27. The summed E-state index contributed by atoms with van der Waals surface area (Å²) in [5, 5.41) is 3.20. The summed E-state index contributed by atoms with van der Waals surface area (Å²) in [6.07, 6.45) is 0.883. The van der Waals surface area contributed by atoms with Crippen molar-refractivity contribution in [3.8, 4) is 0 Å². The maximum absolute atomic E-state index is 14.2. The zero-order valence-corrected chi connectivity index (χ0v) is 11.6. The topological polar surface area (TPSA) is 41.6 Å². The maximum atomic E-state index is 14.2. The van der Waals surface area contributed by atoms with Gasteiger partial charge >= 0.3 is 5.97 Å². The van der Waals surface area contributed by atoms with Gasteiger partial charge in [0.2, 0.25) is 0 Å². The van der Waals surface area contributed by atoms with E-state index >= 15 is 0 Å². The lowest BCUT2D eigenvalue weighted by molar-refractivity contribution is 0.0594. The molecule has 20 heavy (non-hydrogen) atoms. The Labute approximate surface area is 116 Å². The molecule has 0 aliphatic carbocycles. The smallest absolute Gasteiger partial charge is 0.340 e. The molecule has 1 aliphatic rings. The van der Waals surface area contributed by atoms with Gasteiger partial charge < -0.3 is 15.0 Å². The van der Waals surface area contributed by atoms with Crippen LogP contribution in [-0.4, -0.2) is 38.8 Å². The molecule has 1 saturated heterocycles. The van der Waals surface area contributed by atoms with E-state index in [1.807, 2.05) is 11.8 Å². The summed E-state index contributed by atoms with van der Waals surface area (Å²) >= 11 is 0. The quantitative estimate of drug-likeness (QED) is 0.858. The number of hydrogen-bond acceptors (Lipinski definition) is 4. The van der Waals surface area contributed by atoms with Gasteiger partial charge in [-0.15, -0.1) is 0 Å². The first-order valence-electron chi connectivity index (χ1n) is 6.63. The standard InChI is InChI=1S/C14H18F2N2O2/c1-3-18(9-6-7-17-8-9)11-5-4-10(14(19)20-2)12(15)13(11)16/h4-5,9,17H,3,6-8H2,1-2H3.